The Bertz CT molecular complexity index is 196. The molecule has 1 rings (SSSR count). The largest absolute Gasteiger partial charge is 0.480 e. The molecule has 0 saturated carbocycles. The summed E-state index contributed by atoms with van der Waals surface area (Å²) in [5.74, 6) is -1.26. The summed E-state index contributed by atoms with van der Waals surface area (Å²) < 4.78 is 0. The Morgan fingerprint density at radius 3 is 2.91 bits per heavy atom. The van der Waals surface area contributed by atoms with Gasteiger partial charge in [0.2, 0.25) is 5.91 Å². The zero-order chi connectivity index (χ0) is 8.43. The van der Waals surface area contributed by atoms with Crippen LogP contribution in [0.2, 0.25) is 0 Å². The Hall–Kier alpha value is -0.750. The SMILES string of the molecule is O=C(O)CN1C(=O)CNC1S. The molecule has 1 fully saturated rings. The monoisotopic (exact) mass is 176 g/mol. The summed E-state index contributed by atoms with van der Waals surface area (Å²) in [6, 6.07) is 0. The van der Waals surface area contributed by atoms with Gasteiger partial charge in [-0.3, -0.25) is 14.9 Å². The van der Waals surface area contributed by atoms with E-state index >= 15 is 0 Å². The highest BCUT2D eigenvalue weighted by Gasteiger charge is 2.28. The molecule has 2 N–H and O–H groups in total. The van der Waals surface area contributed by atoms with Crippen LogP contribution >= 0.6 is 12.6 Å². The van der Waals surface area contributed by atoms with Gasteiger partial charge in [-0.1, -0.05) is 0 Å². The van der Waals surface area contributed by atoms with Crippen LogP contribution < -0.4 is 5.32 Å². The maximum Gasteiger partial charge on any atom is 0.323 e. The molecule has 0 aromatic carbocycles. The van der Waals surface area contributed by atoms with Crippen molar-refractivity contribution in [3.05, 3.63) is 0 Å². The molecule has 0 spiro atoms. The minimum atomic E-state index is -1.03. The molecule has 1 amide bonds. The van der Waals surface area contributed by atoms with E-state index in [0.717, 1.165) is 4.90 Å². The number of carboxylic acids is 1. The molecule has 1 aliphatic heterocycles. The van der Waals surface area contributed by atoms with Crippen molar-refractivity contribution in [3.63, 3.8) is 0 Å². The van der Waals surface area contributed by atoms with Crippen molar-refractivity contribution in [1.29, 1.82) is 0 Å². The van der Waals surface area contributed by atoms with Gasteiger partial charge in [0.15, 0.2) is 0 Å². The number of hydrogen-bond acceptors (Lipinski definition) is 4. The van der Waals surface area contributed by atoms with Gasteiger partial charge < -0.3 is 10.0 Å². The van der Waals surface area contributed by atoms with Crippen LogP contribution in [0.1, 0.15) is 0 Å². The number of thiol groups is 1. The van der Waals surface area contributed by atoms with Crippen molar-refractivity contribution in [2.75, 3.05) is 13.1 Å². The summed E-state index contributed by atoms with van der Waals surface area (Å²) >= 11 is 3.95. The van der Waals surface area contributed by atoms with E-state index in [1.165, 1.54) is 0 Å². The maximum absolute atomic E-state index is 10.9. The fourth-order valence-corrected chi connectivity index (χ4v) is 1.15. The number of carbonyl (C=O) groups is 2. The number of nitrogens with zero attached hydrogens (tertiary/aromatic N) is 1. The van der Waals surface area contributed by atoms with E-state index in [4.69, 9.17) is 5.11 Å². The fraction of sp³-hybridized carbons (Fsp3) is 0.600. The smallest absolute Gasteiger partial charge is 0.323 e. The number of rotatable bonds is 2. The van der Waals surface area contributed by atoms with E-state index in [9.17, 15) is 9.59 Å². The second kappa shape index (κ2) is 3.10. The maximum atomic E-state index is 10.9. The summed E-state index contributed by atoms with van der Waals surface area (Å²) in [5.41, 5.74) is -0.460. The van der Waals surface area contributed by atoms with Crippen LogP contribution in [0.4, 0.5) is 0 Å². The lowest BCUT2D eigenvalue weighted by molar-refractivity contribution is -0.142. The minimum absolute atomic E-state index is 0.168. The van der Waals surface area contributed by atoms with Crippen molar-refractivity contribution < 1.29 is 14.7 Å². The molecule has 0 bridgehead atoms. The van der Waals surface area contributed by atoms with Crippen LogP contribution in [-0.2, 0) is 9.59 Å². The number of carboxylic acid groups (broad SMARTS) is 1. The topological polar surface area (TPSA) is 69.6 Å². The van der Waals surface area contributed by atoms with Crippen LogP contribution in [0.25, 0.3) is 0 Å². The van der Waals surface area contributed by atoms with Crippen molar-refractivity contribution in [3.8, 4) is 0 Å². The standard InChI is InChI=1S/C5H8N2O3S/c8-3-1-6-5(11)7(3)2-4(9)10/h5-6,11H,1-2H2,(H,9,10). The van der Waals surface area contributed by atoms with Crippen LogP contribution in [0.5, 0.6) is 0 Å². The molecule has 11 heavy (non-hydrogen) atoms. The van der Waals surface area contributed by atoms with Gasteiger partial charge in [0.05, 0.1) is 6.54 Å². The van der Waals surface area contributed by atoms with Crippen LogP contribution in [-0.4, -0.2) is 40.5 Å². The number of aliphatic carboxylic acids is 1. The number of nitrogens with one attached hydrogen (secondary N) is 1. The number of hydrogen-bond donors (Lipinski definition) is 3. The molecule has 1 saturated heterocycles. The summed E-state index contributed by atoms with van der Waals surface area (Å²) in [5, 5.41) is 11.1. The Morgan fingerprint density at radius 1 is 1.91 bits per heavy atom. The summed E-state index contributed by atoms with van der Waals surface area (Å²) in [4.78, 5) is 22.2. The lowest BCUT2D eigenvalue weighted by Gasteiger charge is -2.16. The van der Waals surface area contributed by atoms with Crippen molar-refractivity contribution >= 4 is 24.5 Å². The van der Waals surface area contributed by atoms with E-state index in [1.54, 1.807) is 0 Å². The summed E-state index contributed by atoms with van der Waals surface area (Å²) in [6.45, 7) is -0.124. The van der Waals surface area contributed by atoms with Gasteiger partial charge in [-0.15, -0.1) is 12.6 Å². The molecule has 5 nitrogen and oxygen atoms in total. The van der Waals surface area contributed by atoms with Gasteiger partial charge in [0.25, 0.3) is 0 Å². The average Bonchev–Trinajstić information content (AvgIpc) is 2.18. The third-order valence-electron chi connectivity index (χ3n) is 1.36. The van der Waals surface area contributed by atoms with Gasteiger partial charge in [-0.05, 0) is 0 Å². The van der Waals surface area contributed by atoms with Gasteiger partial charge >= 0.3 is 5.97 Å². The van der Waals surface area contributed by atoms with Crippen molar-refractivity contribution in [1.82, 2.24) is 10.2 Å². The molecule has 0 aromatic heterocycles. The van der Waals surface area contributed by atoms with Crippen LogP contribution in [0, 0.1) is 0 Å². The lowest BCUT2D eigenvalue weighted by atomic mass is 10.5. The molecular formula is C5H8N2O3S. The predicted octanol–water partition coefficient (Wildman–Crippen LogP) is -1.28. The first-order valence-corrected chi connectivity index (χ1v) is 3.55. The highest BCUT2D eigenvalue weighted by atomic mass is 32.1. The molecule has 0 radical (unpaired) electrons. The Labute approximate surface area is 68.8 Å². The minimum Gasteiger partial charge on any atom is -0.480 e. The zero-order valence-electron chi connectivity index (χ0n) is 5.65. The average molecular weight is 176 g/mol. The Morgan fingerprint density at radius 2 is 2.55 bits per heavy atom. The Balaban J connectivity index is 2.54. The molecule has 1 heterocycles. The molecule has 1 unspecified atom stereocenters. The zero-order valence-corrected chi connectivity index (χ0v) is 6.54. The molecule has 1 aliphatic rings. The lowest BCUT2D eigenvalue weighted by Crippen LogP contribution is -2.37. The van der Waals surface area contributed by atoms with Gasteiger partial charge in [0, 0.05) is 0 Å². The molecule has 0 aromatic rings. The third kappa shape index (κ3) is 1.84. The Kier molecular flexibility index (Phi) is 2.35. The number of amides is 1. The van der Waals surface area contributed by atoms with E-state index in [-0.39, 0.29) is 19.0 Å². The van der Waals surface area contributed by atoms with E-state index in [0.29, 0.717) is 0 Å². The van der Waals surface area contributed by atoms with Gasteiger partial charge in [0.1, 0.15) is 12.0 Å². The van der Waals surface area contributed by atoms with Crippen LogP contribution in [0.15, 0.2) is 0 Å². The van der Waals surface area contributed by atoms with Crippen molar-refractivity contribution in [2.45, 2.75) is 5.50 Å². The molecule has 6 heteroatoms. The highest BCUT2D eigenvalue weighted by molar-refractivity contribution is 7.80. The quantitative estimate of drug-likeness (QED) is 0.458. The second-order valence-corrected chi connectivity index (χ2v) is 2.66. The second-order valence-electron chi connectivity index (χ2n) is 2.17. The first kappa shape index (κ1) is 8.35. The summed E-state index contributed by atoms with van der Waals surface area (Å²) in [6.07, 6.45) is 0. The predicted molar refractivity (Wildman–Crippen MR) is 40.1 cm³/mol. The number of carbonyl (C=O) groups excluding carboxylic acids is 1. The van der Waals surface area contributed by atoms with E-state index < -0.39 is 11.5 Å². The molecule has 0 aliphatic carbocycles. The molecule has 1 atom stereocenters. The van der Waals surface area contributed by atoms with E-state index in [2.05, 4.69) is 17.9 Å². The van der Waals surface area contributed by atoms with Gasteiger partial charge in [-0.25, -0.2) is 0 Å². The van der Waals surface area contributed by atoms with Gasteiger partial charge in [-0.2, -0.15) is 0 Å². The third-order valence-corrected chi connectivity index (χ3v) is 1.82. The van der Waals surface area contributed by atoms with E-state index in [1.807, 2.05) is 0 Å². The van der Waals surface area contributed by atoms with Crippen LogP contribution in [0.3, 0.4) is 0 Å². The highest BCUT2D eigenvalue weighted by Crippen LogP contribution is 2.06. The fourth-order valence-electron chi connectivity index (χ4n) is 0.847. The molecule has 62 valence electrons. The molecular weight excluding hydrogens is 168 g/mol. The summed E-state index contributed by atoms with van der Waals surface area (Å²) in [7, 11) is 0. The first-order valence-electron chi connectivity index (χ1n) is 3.04. The van der Waals surface area contributed by atoms with Crippen molar-refractivity contribution in [2.24, 2.45) is 0 Å². The first-order chi connectivity index (χ1) is 5.11. The normalized spacial score (nSPS) is 24.3.